The van der Waals surface area contributed by atoms with Crippen molar-refractivity contribution < 1.29 is 13.6 Å². The van der Waals surface area contributed by atoms with Gasteiger partial charge in [-0.15, -0.1) is 11.8 Å². The molecule has 3 N–H and O–H groups in total. The van der Waals surface area contributed by atoms with E-state index in [-0.39, 0.29) is 11.2 Å². The average Bonchev–Trinajstić information content (AvgIpc) is 3.17. The lowest BCUT2D eigenvalue weighted by Gasteiger charge is -2.30. The maximum atomic E-state index is 13.2. The Bertz CT molecular complexity index is 536. The normalized spacial score (nSPS) is 19.0. The molecule has 1 aliphatic rings. The standard InChI is InChI=1S/C15H20F2N2OS/c1-9(21-11-5-6-12(16)13(17)7-11)8-15(2,14(18)20)19-10-3-4-10/h5-7,9-10,19H,3-4,8H2,1-2H3,(H2,18,20). The lowest BCUT2D eigenvalue weighted by atomic mass is 9.95. The first kappa shape index (κ1) is 16.2. The Morgan fingerprint density at radius 1 is 1.48 bits per heavy atom. The van der Waals surface area contributed by atoms with E-state index >= 15 is 0 Å². The number of nitrogens with one attached hydrogen (secondary N) is 1. The number of benzene rings is 1. The number of rotatable bonds is 7. The number of amides is 1. The Morgan fingerprint density at radius 2 is 2.14 bits per heavy atom. The molecule has 6 heteroatoms. The Balaban J connectivity index is 1.99. The molecule has 2 unspecified atom stereocenters. The predicted octanol–water partition coefficient (Wildman–Crippen LogP) is 2.83. The fraction of sp³-hybridized carbons (Fsp3) is 0.533. The van der Waals surface area contributed by atoms with E-state index in [4.69, 9.17) is 5.73 Å². The second-order valence-corrected chi connectivity index (χ2v) is 7.34. The van der Waals surface area contributed by atoms with E-state index in [9.17, 15) is 13.6 Å². The van der Waals surface area contributed by atoms with Crippen LogP contribution in [0.1, 0.15) is 33.1 Å². The molecule has 1 aromatic carbocycles. The highest BCUT2D eigenvalue weighted by molar-refractivity contribution is 7.99. The van der Waals surface area contributed by atoms with Crippen LogP contribution in [0.2, 0.25) is 0 Å². The number of hydrogen-bond acceptors (Lipinski definition) is 3. The fourth-order valence-corrected chi connectivity index (χ4v) is 3.51. The molecule has 0 aliphatic heterocycles. The van der Waals surface area contributed by atoms with Gasteiger partial charge in [-0.2, -0.15) is 0 Å². The summed E-state index contributed by atoms with van der Waals surface area (Å²) in [6.07, 6.45) is 2.66. The van der Waals surface area contributed by atoms with E-state index in [2.05, 4.69) is 5.32 Å². The fourth-order valence-electron chi connectivity index (χ4n) is 2.31. The first-order valence-electron chi connectivity index (χ1n) is 6.99. The topological polar surface area (TPSA) is 55.1 Å². The van der Waals surface area contributed by atoms with Gasteiger partial charge in [0, 0.05) is 16.2 Å². The molecule has 0 spiro atoms. The van der Waals surface area contributed by atoms with Crippen LogP contribution < -0.4 is 11.1 Å². The van der Waals surface area contributed by atoms with Crippen LogP contribution in [0.25, 0.3) is 0 Å². The Hall–Kier alpha value is -1.14. The Morgan fingerprint density at radius 3 is 2.67 bits per heavy atom. The zero-order valence-corrected chi connectivity index (χ0v) is 13.0. The Kier molecular flexibility index (Phi) is 4.88. The van der Waals surface area contributed by atoms with Crippen molar-refractivity contribution in [2.75, 3.05) is 0 Å². The molecule has 1 aliphatic carbocycles. The smallest absolute Gasteiger partial charge is 0.237 e. The van der Waals surface area contributed by atoms with Crippen molar-refractivity contribution in [2.24, 2.45) is 5.73 Å². The molecule has 21 heavy (non-hydrogen) atoms. The largest absolute Gasteiger partial charge is 0.368 e. The SMILES string of the molecule is CC(CC(C)(NC1CC1)C(N)=O)Sc1ccc(F)c(F)c1. The molecule has 1 amide bonds. The minimum Gasteiger partial charge on any atom is -0.368 e. The summed E-state index contributed by atoms with van der Waals surface area (Å²) in [5.41, 5.74) is 4.74. The van der Waals surface area contributed by atoms with E-state index < -0.39 is 17.2 Å². The van der Waals surface area contributed by atoms with Crippen molar-refractivity contribution in [3.05, 3.63) is 29.8 Å². The third kappa shape index (κ3) is 4.41. The third-order valence-electron chi connectivity index (χ3n) is 3.57. The molecular formula is C15H20F2N2OS. The highest BCUT2D eigenvalue weighted by Gasteiger charge is 2.38. The number of primary amides is 1. The molecule has 1 fully saturated rings. The molecule has 1 aromatic rings. The van der Waals surface area contributed by atoms with Crippen LogP contribution in [0.4, 0.5) is 8.78 Å². The van der Waals surface area contributed by atoms with Crippen molar-refractivity contribution in [3.8, 4) is 0 Å². The first-order chi connectivity index (χ1) is 9.80. The van der Waals surface area contributed by atoms with Crippen LogP contribution in [0.15, 0.2) is 23.1 Å². The van der Waals surface area contributed by atoms with Crippen molar-refractivity contribution >= 4 is 17.7 Å². The van der Waals surface area contributed by atoms with Gasteiger partial charge < -0.3 is 11.1 Å². The van der Waals surface area contributed by atoms with E-state index in [0.717, 1.165) is 18.9 Å². The maximum absolute atomic E-state index is 13.2. The zero-order chi connectivity index (χ0) is 15.6. The van der Waals surface area contributed by atoms with Gasteiger partial charge in [0.2, 0.25) is 5.91 Å². The molecule has 1 saturated carbocycles. The minimum atomic E-state index is -0.860. The monoisotopic (exact) mass is 314 g/mol. The molecule has 0 saturated heterocycles. The lowest BCUT2D eigenvalue weighted by molar-refractivity contribution is -0.124. The summed E-state index contributed by atoms with van der Waals surface area (Å²) in [5, 5.41) is 3.32. The number of carbonyl (C=O) groups excluding carboxylic acids is 1. The zero-order valence-electron chi connectivity index (χ0n) is 12.2. The van der Waals surface area contributed by atoms with Gasteiger partial charge in [-0.3, -0.25) is 4.79 Å². The van der Waals surface area contributed by atoms with Crippen molar-refractivity contribution in [1.29, 1.82) is 0 Å². The summed E-state index contributed by atoms with van der Waals surface area (Å²) in [5.74, 6) is -2.10. The van der Waals surface area contributed by atoms with Crippen molar-refractivity contribution in [2.45, 2.75) is 54.8 Å². The van der Waals surface area contributed by atoms with Gasteiger partial charge in [-0.05, 0) is 44.4 Å². The molecule has 3 nitrogen and oxygen atoms in total. The summed E-state index contributed by atoms with van der Waals surface area (Å²) in [4.78, 5) is 12.4. The Labute approximate surface area is 127 Å². The van der Waals surface area contributed by atoms with Gasteiger partial charge in [-0.25, -0.2) is 8.78 Å². The molecular weight excluding hydrogens is 294 g/mol. The lowest BCUT2D eigenvalue weighted by Crippen LogP contribution is -2.55. The van der Waals surface area contributed by atoms with Gasteiger partial charge in [-0.1, -0.05) is 6.92 Å². The molecule has 2 rings (SSSR count). The van der Waals surface area contributed by atoms with Crippen LogP contribution >= 0.6 is 11.8 Å². The molecule has 2 atom stereocenters. The summed E-state index contributed by atoms with van der Waals surface area (Å²) in [6.45, 7) is 3.75. The molecule has 0 heterocycles. The number of hydrogen-bond donors (Lipinski definition) is 2. The molecule has 0 radical (unpaired) electrons. The third-order valence-corrected chi connectivity index (χ3v) is 4.66. The van der Waals surface area contributed by atoms with E-state index in [1.807, 2.05) is 6.92 Å². The number of thioether (sulfide) groups is 1. The van der Waals surface area contributed by atoms with Crippen LogP contribution in [0, 0.1) is 11.6 Å². The highest BCUT2D eigenvalue weighted by atomic mass is 32.2. The summed E-state index contributed by atoms with van der Waals surface area (Å²) >= 11 is 1.40. The second kappa shape index (κ2) is 6.32. The number of nitrogens with two attached hydrogens (primary N) is 1. The van der Waals surface area contributed by atoms with Crippen LogP contribution in [-0.2, 0) is 4.79 Å². The van der Waals surface area contributed by atoms with Crippen LogP contribution in [0.3, 0.4) is 0 Å². The van der Waals surface area contributed by atoms with Gasteiger partial charge in [0.25, 0.3) is 0 Å². The van der Waals surface area contributed by atoms with Gasteiger partial charge in [0.1, 0.15) is 0 Å². The maximum Gasteiger partial charge on any atom is 0.237 e. The van der Waals surface area contributed by atoms with Gasteiger partial charge in [0.05, 0.1) is 5.54 Å². The van der Waals surface area contributed by atoms with E-state index in [0.29, 0.717) is 17.4 Å². The quantitative estimate of drug-likeness (QED) is 0.761. The van der Waals surface area contributed by atoms with Crippen molar-refractivity contribution in [3.63, 3.8) is 0 Å². The predicted molar refractivity (Wildman–Crippen MR) is 80.1 cm³/mol. The number of halogens is 2. The van der Waals surface area contributed by atoms with Crippen molar-refractivity contribution in [1.82, 2.24) is 5.32 Å². The minimum absolute atomic E-state index is 0.0404. The van der Waals surface area contributed by atoms with E-state index in [1.165, 1.54) is 23.9 Å². The highest BCUT2D eigenvalue weighted by Crippen LogP contribution is 2.31. The van der Waals surface area contributed by atoms with Crippen LogP contribution in [-0.4, -0.2) is 22.7 Å². The molecule has 116 valence electrons. The summed E-state index contributed by atoms with van der Waals surface area (Å²) < 4.78 is 26.1. The van der Waals surface area contributed by atoms with Gasteiger partial charge >= 0.3 is 0 Å². The first-order valence-corrected chi connectivity index (χ1v) is 7.87. The summed E-state index contributed by atoms with van der Waals surface area (Å²) in [6, 6.07) is 4.19. The van der Waals surface area contributed by atoms with Gasteiger partial charge in [0.15, 0.2) is 11.6 Å². The number of carbonyl (C=O) groups is 1. The van der Waals surface area contributed by atoms with Crippen LogP contribution in [0.5, 0.6) is 0 Å². The summed E-state index contributed by atoms with van der Waals surface area (Å²) in [7, 11) is 0. The second-order valence-electron chi connectivity index (χ2n) is 5.82. The average molecular weight is 314 g/mol. The molecule has 0 bridgehead atoms. The van der Waals surface area contributed by atoms with E-state index in [1.54, 1.807) is 6.92 Å². The molecule has 0 aromatic heterocycles.